The average Bonchev–Trinajstić information content (AvgIpc) is 3.45. The Labute approximate surface area is 283 Å². The number of aryl methyl sites for hydroxylation is 2. The summed E-state index contributed by atoms with van der Waals surface area (Å²) >= 11 is 0. The van der Waals surface area contributed by atoms with Crippen LogP contribution in [-0.4, -0.2) is 118 Å². The second-order valence-electron chi connectivity index (χ2n) is 14.6. The maximum Gasteiger partial charge on any atom is 0.242 e. The van der Waals surface area contributed by atoms with Crippen LogP contribution in [0.3, 0.4) is 0 Å². The van der Waals surface area contributed by atoms with E-state index < -0.39 is 35.3 Å². The van der Waals surface area contributed by atoms with Crippen LogP contribution in [0.15, 0.2) is 42.5 Å². The molecule has 3 aliphatic rings. The number of hydrogen-bond acceptors (Lipinski definition) is 9. The molecule has 3 saturated heterocycles. The van der Waals surface area contributed by atoms with Gasteiger partial charge in [0.05, 0.1) is 12.2 Å². The lowest BCUT2D eigenvalue weighted by atomic mass is 9.75. The van der Waals surface area contributed by atoms with Gasteiger partial charge in [0, 0.05) is 31.6 Å². The summed E-state index contributed by atoms with van der Waals surface area (Å²) in [5.74, 6) is -1.77. The molecule has 2 bridgehead atoms. The number of piperidine rings is 1. The topological polar surface area (TPSA) is 152 Å². The maximum atomic E-state index is 13.1. The van der Waals surface area contributed by atoms with E-state index in [4.69, 9.17) is 9.47 Å². The molecule has 264 valence electrons. The van der Waals surface area contributed by atoms with Gasteiger partial charge in [-0.1, -0.05) is 36.4 Å². The fraction of sp³-hybridized carbons (Fsp3) is 0.622. The summed E-state index contributed by atoms with van der Waals surface area (Å²) in [4.78, 5) is 29.8. The van der Waals surface area contributed by atoms with Crippen molar-refractivity contribution in [3.8, 4) is 0 Å². The molecule has 1 unspecified atom stereocenters. The second kappa shape index (κ2) is 14.5. The van der Waals surface area contributed by atoms with Gasteiger partial charge >= 0.3 is 0 Å². The molecule has 6 atom stereocenters. The van der Waals surface area contributed by atoms with Gasteiger partial charge in [-0.2, -0.15) is 0 Å². The fourth-order valence-electron chi connectivity index (χ4n) is 7.22. The monoisotopic (exact) mass is 667 g/mol. The standard InChI is InChI=1S/C37H53N3O8/c1-24-12-17-28(37-33(44)31(42)32(43)36(48-37,23-47-37)35(2,3)46)22-27(24)21-26-15-13-25(14-16-26)9-8-11-30(41)40-19-7-6-10-29(40)34(45)38-18-20-39(4)5/h12-17,22,29,31-33,42-44,46H,6-11,18-21,23H2,1-5H3,(H,38,45)/t29?,31-,32-,33+,36-,37-/m0/s1. The lowest BCUT2D eigenvalue weighted by Gasteiger charge is -2.50. The first-order valence-electron chi connectivity index (χ1n) is 17.2. The number of aliphatic hydroxyl groups is 4. The SMILES string of the molecule is Cc1ccc([C@]23OC[C@](C(C)(C)O)(O2)[C@@H](O)[C@H](O)[C@H]3O)cc1Cc1ccc(CCCC(=O)N2CCCCC2C(=O)NCCN(C)C)cc1. The predicted octanol–water partition coefficient (Wildman–Crippen LogP) is 1.77. The van der Waals surface area contributed by atoms with E-state index in [0.29, 0.717) is 44.3 Å². The highest BCUT2D eigenvalue weighted by molar-refractivity contribution is 5.87. The molecule has 0 aromatic heterocycles. The van der Waals surface area contributed by atoms with Crippen molar-refractivity contribution in [1.29, 1.82) is 0 Å². The van der Waals surface area contributed by atoms with Crippen LogP contribution in [0, 0.1) is 6.92 Å². The highest BCUT2D eigenvalue weighted by Crippen LogP contribution is 2.53. The van der Waals surface area contributed by atoms with E-state index in [9.17, 15) is 30.0 Å². The van der Waals surface area contributed by atoms with E-state index in [1.54, 1.807) is 11.0 Å². The number of hydrogen-bond donors (Lipinski definition) is 5. The van der Waals surface area contributed by atoms with Crippen LogP contribution in [-0.2, 0) is 37.7 Å². The van der Waals surface area contributed by atoms with E-state index in [2.05, 4.69) is 29.6 Å². The molecule has 3 aliphatic heterocycles. The van der Waals surface area contributed by atoms with Crippen molar-refractivity contribution in [2.24, 2.45) is 0 Å². The van der Waals surface area contributed by atoms with Gasteiger partial charge in [0.1, 0.15) is 24.4 Å². The number of amides is 2. The number of likely N-dealkylation sites (N-methyl/N-ethyl adjacent to an activating group) is 1. The van der Waals surface area contributed by atoms with Gasteiger partial charge < -0.3 is 45.0 Å². The second-order valence-corrected chi connectivity index (χ2v) is 14.6. The lowest BCUT2D eigenvalue weighted by molar-refractivity contribution is -0.348. The van der Waals surface area contributed by atoms with Crippen LogP contribution in [0.2, 0.25) is 0 Å². The summed E-state index contributed by atoms with van der Waals surface area (Å²) in [5.41, 5.74) is 1.52. The molecule has 5 rings (SSSR count). The molecule has 3 heterocycles. The number of likely N-dealkylation sites (tertiary alicyclic amines) is 1. The molecule has 3 fully saturated rings. The van der Waals surface area contributed by atoms with E-state index in [1.165, 1.54) is 13.8 Å². The molecule has 2 aromatic carbocycles. The number of ether oxygens (including phenoxy) is 2. The van der Waals surface area contributed by atoms with Crippen LogP contribution >= 0.6 is 0 Å². The number of aliphatic hydroxyl groups excluding tert-OH is 3. The summed E-state index contributed by atoms with van der Waals surface area (Å²) in [6, 6.07) is 13.5. The van der Waals surface area contributed by atoms with Crippen molar-refractivity contribution >= 4 is 11.8 Å². The van der Waals surface area contributed by atoms with E-state index >= 15 is 0 Å². The smallest absolute Gasteiger partial charge is 0.242 e. The molecule has 0 radical (unpaired) electrons. The number of benzene rings is 2. The maximum absolute atomic E-state index is 13.1. The van der Waals surface area contributed by atoms with Crippen molar-refractivity contribution in [1.82, 2.24) is 15.1 Å². The number of carbonyl (C=O) groups excluding carboxylic acids is 2. The first-order valence-corrected chi connectivity index (χ1v) is 17.2. The first-order chi connectivity index (χ1) is 22.7. The highest BCUT2D eigenvalue weighted by atomic mass is 16.8. The minimum Gasteiger partial charge on any atom is -0.387 e. The van der Waals surface area contributed by atoms with E-state index in [-0.39, 0.29) is 24.5 Å². The van der Waals surface area contributed by atoms with Gasteiger partial charge in [-0.3, -0.25) is 9.59 Å². The Hall–Kier alpha value is -2.90. The van der Waals surface area contributed by atoms with Gasteiger partial charge in [-0.15, -0.1) is 0 Å². The van der Waals surface area contributed by atoms with Gasteiger partial charge in [0.2, 0.25) is 17.6 Å². The van der Waals surface area contributed by atoms with Crippen molar-refractivity contribution < 1.29 is 39.5 Å². The summed E-state index contributed by atoms with van der Waals surface area (Å²) in [5, 5.41) is 46.5. The largest absolute Gasteiger partial charge is 0.387 e. The third-order valence-corrected chi connectivity index (χ3v) is 10.4. The van der Waals surface area contributed by atoms with Crippen LogP contribution in [0.4, 0.5) is 0 Å². The molecule has 2 aromatic rings. The minimum atomic E-state index is -1.74. The quantitative estimate of drug-likeness (QED) is 0.228. The summed E-state index contributed by atoms with van der Waals surface area (Å²) in [6.45, 7) is 6.72. The van der Waals surface area contributed by atoms with Gasteiger partial charge in [0.15, 0.2) is 5.60 Å². The highest BCUT2D eigenvalue weighted by Gasteiger charge is 2.71. The van der Waals surface area contributed by atoms with Crippen molar-refractivity contribution in [3.63, 3.8) is 0 Å². The Balaban J connectivity index is 1.19. The normalized spacial score (nSPS) is 28.9. The van der Waals surface area contributed by atoms with Crippen LogP contribution in [0.5, 0.6) is 0 Å². The molecule has 0 saturated carbocycles. The fourth-order valence-corrected chi connectivity index (χ4v) is 7.22. The Morgan fingerprint density at radius 1 is 1.04 bits per heavy atom. The van der Waals surface area contributed by atoms with Crippen LogP contribution in [0.1, 0.15) is 73.8 Å². The predicted molar refractivity (Wildman–Crippen MR) is 180 cm³/mol. The molecule has 48 heavy (non-hydrogen) atoms. The first kappa shape index (κ1) is 36.4. The third-order valence-electron chi connectivity index (χ3n) is 10.4. The molecule has 5 N–H and O–H groups in total. The van der Waals surface area contributed by atoms with Crippen LogP contribution in [0.25, 0.3) is 0 Å². The number of nitrogens with one attached hydrogen (secondary N) is 1. The molecule has 0 spiro atoms. The van der Waals surface area contributed by atoms with Gasteiger partial charge in [-0.25, -0.2) is 0 Å². The van der Waals surface area contributed by atoms with Crippen molar-refractivity contribution in [2.45, 2.75) is 107 Å². The zero-order valence-electron chi connectivity index (χ0n) is 28.9. The molecule has 11 heteroatoms. The molecular formula is C37H53N3O8. The Kier molecular flexibility index (Phi) is 11.0. The average molecular weight is 668 g/mol. The van der Waals surface area contributed by atoms with Crippen molar-refractivity contribution in [3.05, 3.63) is 70.3 Å². The number of carbonyl (C=O) groups is 2. The molecular weight excluding hydrogens is 614 g/mol. The summed E-state index contributed by atoms with van der Waals surface area (Å²) in [6.07, 6.45) is 0.317. The van der Waals surface area contributed by atoms with Crippen LogP contribution < -0.4 is 5.32 Å². The van der Waals surface area contributed by atoms with Gasteiger partial charge in [0.25, 0.3) is 0 Å². The number of fused-ring (bicyclic) bond motifs is 2. The molecule has 11 nitrogen and oxygen atoms in total. The number of rotatable bonds is 12. The zero-order chi connectivity index (χ0) is 34.9. The van der Waals surface area contributed by atoms with Gasteiger partial charge in [-0.05, 0) is 102 Å². The molecule has 2 amide bonds. The molecule has 0 aliphatic carbocycles. The third kappa shape index (κ3) is 7.19. The zero-order valence-corrected chi connectivity index (χ0v) is 28.9. The number of nitrogens with zero attached hydrogens (tertiary/aromatic N) is 2. The Morgan fingerprint density at radius 3 is 2.44 bits per heavy atom. The Bertz CT molecular complexity index is 1440. The Morgan fingerprint density at radius 2 is 1.75 bits per heavy atom. The van der Waals surface area contributed by atoms with E-state index in [1.807, 2.05) is 38.1 Å². The summed E-state index contributed by atoms with van der Waals surface area (Å²) in [7, 11) is 3.93. The van der Waals surface area contributed by atoms with E-state index in [0.717, 1.165) is 48.1 Å². The summed E-state index contributed by atoms with van der Waals surface area (Å²) < 4.78 is 12.3. The minimum absolute atomic E-state index is 0.0361. The van der Waals surface area contributed by atoms with Crippen molar-refractivity contribution in [2.75, 3.05) is 40.3 Å². The lowest BCUT2D eigenvalue weighted by Crippen LogP contribution is -2.70.